The highest BCUT2D eigenvalue weighted by atomic mass is 19.4. The monoisotopic (exact) mass is 369 g/mol. The Balaban J connectivity index is 3.13. The van der Waals surface area contributed by atoms with Crippen molar-refractivity contribution in [3.05, 3.63) is 46.7 Å². The van der Waals surface area contributed by atoms with Gasteiger partial charge in [0.05, 0.1) is 17.9 Å². The quantitative estimate of drug-likeness (QED) is 0.269. The maximum atomic E-state index is 12.6. The van der Waals surface area contributed by atoms with Gasteiger partial charge in [-0.2, -0.15) is 26.3 Å². The van der Waals surface area contributed by atoms with Crippen molar-refractivity contribution in [2.45, 2.75) is 25.7 Å². The number of aliphatic hydroxyl groups excluding tert-OH is 1. The molecule has 0 heterocycles. The Labute approximate surface area is 138 Å². The number of rotatable bonds is 5. The van der Waals surface area contributed by atoms with Crippen LogP contribution in [0.1, 0.15) is 18.1 Å². The first-order chi connectivity index (χ1) is 11.4. The second-order valence-corrected chi connectivity index (χ2v) is 4.79. The lowest BCUT2D eigenvalue weighted by Crippen LogP contribution is -2.25. The van der Waals surface area contributed by atoms with E-state index in [1.54, 1.807) is 0 Å². The van der Waals surface area contributed by atoms with E-state index in [0.29, 0.717) is 12.1 Å². The van der Waals surface area contributed by atoms with Crippen LogP contribution in [0, 0.1) is 5.41 Å². The number of benzene rings is 1. The van der Waals surface area contributed by atoms with Crippen LogP contribution in [0.25, 0.3) is 0 Å². The Bertz CT molecular complexity index is 674. The van der Waals surface area contributed by atoms with Crippen LogP contribution in [-0.2, 0) is 22.1 Å². The first-order valence-electron chi connectivity index (χ1n) is 6.79. The number of allylic oxidation sites excluding steroid dienone is 1. The topological polar surface area (TPSA) is 70.4 Å². The molecule has 1 aromatic carbocycles. The van der Waals surface area contributed by atoms with Gasteiger partial charge in [0.1, 0.15) is 5.57 Å². The fourth-order valence-electron chi connectivity index (χ4n) is 1.81. The molecule has 0 saturated carbocycles. The number of halogens is 6. The lowest BCUT2D eigenvalue weighted by atomic mass is 10.00. The van der Waals surface area contributed by atoms with E-state index in [2.05, 4.69) is 4.74 Å². The summed E-state index contributed by atoms with van der Waals surface area (Å²) in [5, 5.41) is 16.8. The van der Waals surface area contributed by atoms with Crippen LogP contribution in [0.2, 0.25) is 0 Å². The number of hydrogen-bond donors (Lipinski definition) is 2. The second-order valence-electron chi connectivity index (χ2n) is 4.79. The average Bonchev–Trinajstić information content (AvgIpc) is 2.46. The average molecular weight is 369 g/mol. The van der Waals surface area contributed by atoms with Crippen molar-refractivity contribution in [1.82, 2.24) is 0 Å². The van der Waals surface area contributed by atoms with Gasteiger partial charge in [0.2, 0.25) is 5.76 Å². The van der Waals surface area contributed by atoms with Crippen molar-refractivity contribution in [1.29, 1.82) is 5.41 Å². The van der Waals surface area contributed by atoms with E-state index in [9.17, 15) is 36.2 Å². The zero-order chi connectivity index (χ0) is 19.4. The highest BCUT2D eigenvalue weighted by Gasteiger charge is 2.40. The van der Waals surface area contributed by atoms with Crippen molar-refractivity contribution in [3.63, 3.8) is 0 Å². The summed E-state index contributed by atoms with van der Waals surface area (Å²) in [4.78, 5) is 11.6. The van der Waals surface area contributed by atoms with Gasteiger partial charge in [-0.05, 0) is 24.6 Å². The molecule has 25 heavy (non-hydrogen) atoms. The molecule has 0 bridgehead atoms. The molecule has 2 N–H and O–H groups in total. The van der Waals surface area contributed by atoms with E-state index in [-0.39, 0.29) is 12.2 Å². The van der Waals surface area contributed by atoms with E-state index in [0.717, 1.165) is 12.1 Å². The normalized spacial score (nSPS) is 13.2. The summed E-state index contributed by atoms with van der Waals surface area (Å²) in [6, 6.07) is 3.31. The Morgan fingerprint density at radius 1 is 1.12 bits per heavy atom. The Hall–Kier alpha value is -2.52. The highest BCUT2D eigenvalue weighted by molar-refractivity contribution is 6.19. The van der Waals surface area contributed by atoms with Crippen LogP contribution in [0.15, 0.2) is 35.6 Å². The molecule has 1 rings (SSSR count). The van der Waals surface area contributed by atoms with Gasteiger partial charge < -0.3 is 15.3 Å². The third kappa shape index (κ3) is 5.50. The van der Waals surface area contributed by atoms with Gasteiger partial charge in [-0.3, -0.25) is 0 Å². The summed E-state index contributed by atoms with van der Waals surface area (Å²) in [6.07, 6.45) is -10.5. The first kappa shape index (κ1) is 20.5. The largest absolute Gasteiger partial charge is 0.504 e. The van der Waals surface area contributed by atoms with Gasteiger partial charge in [0.25, 0.3) is 0 Å². The van der Waals surface area contributed by atoms with Gasteiger partial charge in [0.15, 0.2) is 0 Å². The summed E-state index contributed by atoms with van der Waals surface area (Å²) in [7, 11) is 0. The van der Waals surface area contributed by atoms with E-state index in [4.69, 9.17) is 5.41 Å². The fourth-order valence-corrected chi connectivity index (χ4v) is 1.81. The molecule has 0 unspecified atom stereocenters. The maximum absolute atomic E-state index is 12.6. The van der Waals surface area contributed by atoms with Crippen molar-refractivity contribution in [2.24, 2.45) is 0 Å². The Kier molecular flexibility index (Phi) is 6.22. The molecule has 0 aliphatic carbocycles. The molecule has 0 radical (unpaired) electrons. The Morgan fingerprint density at radius 3 is 2.04 bits per heavy atom. The number of carbonyl (C=O) groups excluding carboxylic acids is 1. The molecule has 138 valence electrons. The summed E-state index contributed by atoms with van der Waals surface area (Å²) < 4.78 is 79.7. The van der Waals surface area contributed by atoms with Gasteiger partial charge in [-0.15, -0.1) is 0 Å². The van der Waals surface area contributed by atoms with Crippen molar-refractivity contribution in [2.75, 3.05) is 6.61 Å². The van der Waals surface area contributed by atoms with E-state index >= 15 is 0 Å². The van der Waals surface area contributed by atoms with Crippen LogP contribution in [0.5, 0.6) is 0 Å². The lowest BCUT2D eigenvalue weighted by molar-refractivity contribution is -0.142. The molecule has 10 heteroatoms. The number of ether oxygens (including phenoxy) is 1. The summed E-state index contributed by atoms with van der Waals surface area (Å²) >= 11 is 0. The van der Waals surface area contributed by atoms with Gasteiger partial charge >= 0.3 is 18.3 Å². The summed E-state index contributed by atoms with van der Waals surface area (Å²) in [5.74, 6) is -3.84. The highest BCUT2D eigenvalue weighted by Crippen LogP contribution is 2.30. The maximum Gasteiger partial charge on any atom is 0.449 e. The van der Waals surface area contributed by atoms with Crippen molar-refractivity contribution in [3.8, 4) is 0 Å². The van der Waals surface area contributed by atoms with Crippen LogP contribution < -0.4 is 0 Å². The Morgan fingerprint density at radius 2 is 1.64 bits per heavy atom. The molecular weight excluding hydrogens is 356 g/mol. The zero-order valence-electron chi connectivity index (χ0n) is 12.8. The second kappa shape index (κ2) is 7.58. The van der Waals surface area contributed by atoms with Crippen LogP contribution in [0.4, 0.5) is 26.3 Å². The molecule has 0 atom stereocenters. The molecular formula is C15H13F6NO3. The van der Waals surface area contributed by atoms with E-state index < -0.39 is 47.4 Å². The van der Waals surface area contributed by atoms with E-state index in [1.165, 1.54) is 6.92 Å². The number of nitrogens with one attached hydrogen (secondary N) is 1. The van der Waals surface area contributed by atoms with E-state index in [1.807, 2.05) is 0 Å². The number of esters is 1. The molecule has 1 aromatic rings. The molecule has 0 aliphatic rings. The van der Waals surface area contributed by atoms with Crippen molar-refractivity contribution < 1.29 is 41.0 Å². The lowest BCUT2D eigenvalue weighted by Gasteiger charge is -2.14. The summed E-state index contributed by atoms with van der Waals surface area (Å²) in [5.41, 5.74) is -3.24. The number of carbonyl (C=O) groups is 1. The van der Waals surface area contributed by atoms with Crippen LogP contribution >= 0.6 is 0 Å². The SMILES string of the molecule is CCOC(=O)C(C(=N)Cc1ccc(C(F)(F)F)cc1)=C(O)C(F)(F)F. The van der Waals surface area contributed by atoms with Crippen LogP contribution in [-0.4, -0.2) is 29.6 Å². The predicted molar refractivity (Wildman–Crippen MR) is 75.2 cm³/mol. The molecule has 0 spiro atoms. The van der Waals surface area contributed by atoms with Gasteiger partial charge in [-0.25, -0.2) is 4.79 Å². The predicted octanol–water partition coefficient (Wildman–Crippen LogP) is 4.21. The van der Waals surface area contributed by atoms with Crippen LogP contribution in [0.3, 0.4) is 0 Å². The third-order valence-electron chi connectivity index (χ3n) is 2.95. The zero-order valence-corrected chi connectivity index (χ0v) is 12.8. The standard InChI is InChI=1S/C15H13F6NO3/c1-2-25-13(24)11(12(23)15(19,20)21)10(22)7-8-3-5-9(6-4-8)14(16,17)18/h3-6,22-23H,2,7H2,1H3. The fraction of sp³-hybridized carbons (Fsp3) is 0.333. The smallest absolute Gasteiger partial charge is 0.449 e. The molecule has 4 nitrogen and oxygen atoms in total. The molecule has 0 amide bonds. The van der Waals surface area contributed by atoms with Gasteiger partial charge in [-0.1, -0.05) is 12.1 Å². The third-order valence-corrected chi connectivity index (χ3v) is 2.95. The molecule has 0 aliphatic heterocycles. The minimum atomic E-state index is -5.28. The molecule has 0 aromatic heterocycles. The van der Waals surface area contributed by atoms with Crippen molar-refractivity contribution >= 4 is 11.7 Å². The number of alkyl halides is 6. The first-order valence-corrected chi connectivity index (χ1v) is 6.79. The minimum absolute atomic E-state index is 0.0507. The molecule has 0 saturated heterocycles. The minimum Gasteiger partial charge on any atom is -0.504 e. The number of aliphatic hydroxyl groups is 1. The number of hydrogen-bond acceptors (Lipinski definition) is 4. The molecule has 0 fully saturated rings. The summed E-state index contributed by atoms with van der Waals surface area (Å²) in [6.45, 7) is 1.03. The van der Waals surface area contributed by atoms with Gasteiger partial charge in [0, 0.05) is 6.42 Å².